The molecule has 1 heterocycles. The summed E-state index contributed by atoms with van der Waals surface area (Å²) in [6.45, 7) is 1.32. The van der Waals surface area contributed by atoms with Crippen LogP contribution in [0, 0.1) is 0 Å². The first kappa shape index (κ1) is 10.9. The number of hydrogen-bond donors (Lipinski definition) is 2. The largest absolute Gasteiger partial charge is 0.496 e. The van der Waals surface area contributed by atoms with Crippen molar-refractivity contribution in [3.63, 3.8) is 0 Å². The lowest BCUT2D eigenvalue weighted by atomic mass is 9.89. The normalized spacial score (nSPS) is 18.3. The zero-order chi connectivity index (χ0) is 10.9. The van der Waals surface area contributed by atoms with Crippen LogP contribution >= 0.6 is 15.9 Å². The highest BCUT2D eigenvalue weighted by Gasteiger charge is 2.34. The molecule has 15 heavy (non-hydrogen) atoms. The summed E-state index contributed by atoms with van der Waals surface area (Å²) in [6.07, 6.45) is 0.635. The van der Waals surface area contributed by atoms with Gasteiger partial charge in [-0.2, -0.15) is 0 Å². The summed E-state index contributed by atoms with van der Waals surface area (Å²) < 4.78 is 6.27. The van der Waals surface area contributed by atoms with E-state index in [9.17, 15) is 5.11 Å². The Morgan fingerprint density at radius 2 is 2.27 bits per heavy atom. The van der Waals surface area contributed by atoms with Crippen molar-refractivity contribution in [3.8, 4) is 5.75 Å². The Kier molecular flexibility index (Phi) is 3.00. The molecule has 0 spiro atoms. The number of nitrogens with one attached hydrogen (secondary N) is 1. The molecule has 0 unspecified atom stereocenters. The smallest absolute Gasteiger partial charge is 0.123 e. The van der Waals surface area contributed by atoms with Crippen molar-refractivity contribution in [2.45, 2.75) is 12.0 Å². The zero-order valence-electron chi connectivity index (χ0n) is 8.59. The molecular weight excluding hydrogens is 258 g/mol. The van der Waals surface area contributed by atoms with Gasteiger partial charge in [-0.15, -0.1) is 0 Å². The fourth-order valence-electron chi connectivity index (χ4n) is 1.76. The van der Waals surface area contributed by atoms with Crippen LogP contribution in [0.1, 0.15) is 5.56 Å². The van der Waals surface area contributed by atoms with Gasteiger partial charge in [-0.1, -0.05) is 22.0 Å². The fourth-order valence-corrected chi connectivity index (χ4v) is 2.10. The molecule has 2 rings (SSSR count). The fraction of sp³-hybridized carbons (Fsp3) is 0.455. The zero-order valence-corrected chi connectivity index (χ0v) is 10.2. The van der Waals surface area contributed by atoms with E-state index in [-0.39, 0.29) is 0 Å². The standard InChI is InChI=1S/C11H14BrNO2/c1-15-10-4-9(12)3-2-8(10)5-11(14)6-13-7-11/h2-4,13-14H,5-7H2,1H3. The highest BCUT2D eigenvalue weighted by atomic mass is 79.9. The van der Waals surface area contributed by atoms with Gasteiger partial charge in [0.05, 0.1) is 12.7 Å². The van der Waals surface area contributed by atoms with E-state index in [1.54, 1.807) is 7.11 Å². The summed E-state index contributed by atoms with van der Waals surface area (Å²) in [5.74, 6) is 0.824. The molecule has 1 aromatic rings. The molecule has 0 aromatic heterocycles. The SMILES string of the molecule is COc1cc(Br)ccc1CC1(O)CNC1. The molecule has 4 heteroatoms. The molecule has 1 saturated heterocycles. The van der Waals surface area contributed by atoms with Crippen LogP contribution in [-0.4, -0.2) is 30.9 Å². The van der Waals surface area contributed by atoms with Crippen LogP contribution in [0.2, 0.25) is 0 Å². The lowest BCUT2D eigenvalue weighted by Gasteiger charge is -2.38. The van der Waals surface area contributed by atoms with Crippen LogP contribution in [0.25, 0.3) is 0 Å². The van der Waals surface area contributed by atoms with Gasteiger partial charge >= 0.3 is 0 Å². The average Bonchev–Trinajstić information content (AvgIpc) is 2.18. The van der Waals surface area contributed by atoms with Crippen LogP contribution in [-0.2, 0) is 6.42 Å². The van der Waals surface area contributed by atoms with Crippen LogP contribution in [0.15, 0.2) is 22.7 Å². The van der Waals surface area contributed by atoms with Gasteiger partial charge in [-0.25, -0.2) is 0 Å². The molecule has 0 atom stereocenters. The topological polar surface area (TPSA) is 41.5 Å². The maximum absolute atomic E-state index is 10.0. The van der Waals surface area contributed by atoms with Gasteiger partial charge in [-0.3, -0.25) is 0 Å². The number of halogens is 1. The molecule has 1 aliphatic heterocycles. The van der Waals surface area contributed by atoms with Crippen molar-refractivity contribution in [1.29, 1.82) is 0 Å². The molecule has 0 radical (unpaired) electrons. The number of aliphatic hydroxyl groups is 1. The van der Waals surface area contributed by atoms with Gasteiger partial charge < -0.3 is 15.2 Å². The van der Waals surface area contributed by atoms with E-state index in [1.807, 2.05) is 18.2 Å². The number of β-amino-alcohol motifs (C(OH)–C–C–N with tert-alkyl or cyclic N) is 1. The van der Waals surface area contributed by atoms with Crippen LogP contribution in [0.3, 0.4) is 0 Å². The average molecular weight is 272 g/mol. The molecule has 3 nitrogen and oxygen atoms in total. The van der Waals surface area contributed by atoms with Gasteiger partial charge in [0.2, 0.25) is 0 Å². The van der Waals surface area contributed by atoms with E-state index in [2.05, 4.69) is 21.2 Å². The minimum absolute atomic E-state index is 0.596. The lowest BCUT2D eigenvalue weighted by molar-refractivity contribution is -0.00943. The Morgan fingerprint density at radius 3 is 2.80 bits per heavy atom. The summed E-state index contributed by atoms with van der Waals surface area (Å²) in [7, 11) is 1.65. The van der Waals surface area contributed by atoms with Crippen LogP contribution in [0.4, 0.5) is 0 Å². The maximum Gasteiger partial charge on any atom is 0.123 e. The highest BCUT2D eigenvalue weighted by Crippen LogP contribution is 2.28. The second-order valence-electron chi connectivity index (χ2n) is 3.96. The minimum atomic E-state index is -0.596. The van der Waals surface area contributed by atoms with E-state index in [0.29, 0.717) is 19.5 Å². The lowest BCUT2D eigenvalue weighted by Crippen LogP contribution is -2.60. The van der Waals surface area contributed by atoms with E-state index in [1.165, 1.54) is 0 Å². The molecule has 82 valence electrons. The Bertz CT molecular complexity index is 364. The third kappa shape index (κ3) is 2.33. The Labute approximate surface area is 97.6 Å². The predicted molar refractivity (Wildman–Crippen MR) is 62.2 cm³/mol. The van der Waals surface area contributed by atoms with Crippen molar-refractivity contribution in [3.05, 3.63) is 28.2 Å². The van der Waals surface area contributed by atoms with Gasteiger partial charge in [-0.05, 0) is 17.7 Å². The first-order valence-electron chi connectivity index (χ1n) is 4.88. The summed E-state index contributed by atoms with van der Waals surface area (Å²) >= 11 is 3.39. The second-order valence-corrected chi connectivity index (χ2v) is 4.88. The number of hydrogen-bond acceptors (Lipinski definition) is 3. The second kappa shape index (κ2) is 4.12. The number of rotatable bonds is 3. The monoisotopic (exact) mass is 271 g/mol. The van der Waals surface area contributed by atoms with Gasteiger partial charge in [0.15, 0.2) is 0 Å². The van der Waals surface area contributed by atoms with Crippen molar-refractivity contribution in [2.24, 2.45) is 0 Å². The Hall–Kier alpha value is -0.580. The van der Waals surface area contributed by atoms with E-state index >= 15 is 0 Å². The van der Waals surface area contributed by atoms with E-state index in [0.717, 1.165) is 15.8 Å². The van der Waals surface area contributed by atoms with Gasteiger partial charge in [0.1, 0.15) is 5.75 Å². The number of benzene rings is 1. The summed E-state index contributed by atoms with van der Waals surface area (Å²) in [6, 6.07) is 5.87. The molecule has 0 bridgehead atoms. The molecule has 0 aliphatic carbocycles. The third-order valence-electron chi connectivity index (χ3n) is 2.68. The molecule has 2 N–H and O–H groups in total. The minimum Gasteiger partial charge on any atom is -0.496 e. The Morgan fingerprint density at radius 1 is 1.53 bits per heavy atom. The van der Waals surface area contributed by atoms with Crippen molar-refractivity contribution in [1.82, 2.24) is 5.32 Å². The van der Waals surface area contributed by atoms with Crippen molar-refractivity contribution >= 4 is 15.9 Å². The van der Waals surface area contributed by atoms with Gasteiger partial charge in [0, 0.05) is 24.0 Å². The first-order valence-corrected chi connectivity index (χ1v) is 5.68. The molecule has 1 aliphatic rings. The number of methoxy groups -OCH3 is 1. The summed E-state index contributed by atoms with van der Waals surface area (Å²) in [5, 5.41) is 13.1. The van der Waals surface area contributed by atoms with Crippen molar-refractivity contribution in [2.75, 3.05) is 20.2 Å². The van der Waals surface area contributed by atoms with Gasteiger partial charge in [0.25, 0.3) is 0 Å². The number of ether oxygens (including phenoxy) is 1. The van der Waals surface area contributed by atoms with Crippen LogP contribution in [0.5, 0.6) is 5.75 Å². The van der Waals surface area contributed by atoms with Crippen molar-refractivity contribution < 1.29 is 9.84 Å². The molecule has 0 amide bonds. The molecule has 1 aromatic carbocycles. The molecule has 1 fully saturated rings. The predicted octanol–water partition coefficient (Wildman–Crippen LogP) is 1.33. The molecular formula is C11H14BrNO2. The third-order valence-corrected chi connectivity index (χ3v) is 3.17. The first-order chi connectivity index (χ1) is 7.13. The quantitative estimate of drug-likeness (QED) is 0.872. The van der Waals surface area contributed by atoms with E-state index < -0.39 is 5.60 Å². The van der Waals surface area contributed by atoms with Crippen LogP contribution < -0.4 is 10.1 Å². The Balaban J connectivity index is 2.20. The molecule has 0 saturated carbocycles. The maximum atomic E-state index is 10.0. The van der Waals surface area contributed by atoms with E-state index in [4.69, 9.17) is 4.74 Å². The summed E-state index contributed by atoms with van der Waals surface area (Å²) in [5.41, 5.74) is 0.450. The highest BCUT2D eigenvalue weighted by molar-refractivity contribution is 9.10. The summed E-state index contributed by atoms with van der Waals surface area (Å²) in [4.78, 5) is 0.